The van der Waals surface area contributed by atoms with Crippen molar-refractivity contribution in [1.82, 2.24) is 0 Å². The highest BCUT2D eigenvalue weighted by molar-refractivity contribution is 7.86. The van der Waals surface area contributed by atoms with Gasteiger partial charge in [0.25, 0.3) is 10.1 Å². The predicted octanol–water partition coefficient (Wildman–Crippen LogP) is 4.17. The van der Waals surface area contributed by atoms with Gasteiger partial charge in [0, 0.05) is 11.1 Å². The zero-order valence-electron chi connectivity index (χ0n) is 15.0. The second-order valence-corrected chi connectivity index (χ2v) is 7.85. The molecule has 0 saturated carbocycles. The Bertz CT molecular complexity index is 1010. The van der Waals surface area contributed by atoms with E-state index in [1.807, 2.05) is 37.3 Å². The molecule has 3 aromatic carbocycles. The fraction of sp³-hybridized carbons (Fsp3) is 0.136. The molecule has 4 nitrogen and oxygen atoms in total. The van der Waals surface area contributed by atoms with Crippen molar-refractivity contribution in [1.29, 1.82) is 0 Å². The predicted molar refractivity (Wildman–Crippen MR) is 104 cm³/mol. The Balaban J connectivity index is 1.59. The SMILES string of the molecule is Cc1ccc(S(=O)(=O)OCCc2ccc(C(=O)c3ccccc3)cc2)cc1. The Morgan fingerprint density at radius 3 is 2.04 bits per heavy atom. The number of hydrogen-bond donors (Lipinski definition) is 0. The van der Waals surface area contributed by atoms with E-state index in [2.05, 4.69) is 0 Å². The Morgan fingerprint density at radius 2 is 1.41 bits per heavy atom. The summed E-state index contributed by atoms with van der Waals surface area (Å²) < 4.78 is 29.4. The molecule has 27 heavy (non-hydrogen) atoms. The van der Waals surface area contributed by atoms with Gasteiger partial charge >= 0.3 is 0 Å². The molecule has 0 aromatic heterocycles. The van der Waals surface area contributed by atoms with Gasteiger partial charge in [0.2, 0.25) is 0 Å². The zero-order chi connectivity index (χ0) is 19.3. The molecule has 0 N–H and O–H groups in total. The topological polar surface area (TPSA) is 60.4 Å². The molecule has 0 aliphatic heterocycles. The van der Waals surface area contributed by atoms with E-state index in [1.165, 1.54) is 12.1 Å². The van der Waals surface area contributed by atoms with Gasteiger partial charge in [0.15, 0.2) is 5.78 Å². The molecule has 0 amide bonds. The summed E-state index contributed by atoms with van der Waals surface area (Å²) in [4.78, 5) is 12.5. The van der Waals surface area contributed by atoms with E-state index in [0.29, 0.717) is 17.5 Å². The van der Waals surface area contributed by atoms with Crippen LogP contribution in [0, 0.1) is 6.92 Å². The molecule has 0 heterocycles. The van der Waals surface area contributed by atoms with E-state index in [0.717, 1.165) is 11.1 Å². The van der Waals surface area contributed by atoms with Crippen LogP contribution in [0.2, 0.25) is 0 Å². The summed E-state index contributed by atoms with van der Waals surface area (Å²) in [5.41, 5.74) is 3.12. The van der Waals surface area contributed by atoms with Gasteiger partial charge < -0.3 is 0 Å². The minimum atomic E-state index is -3.76. The van der Waals surface area contributed by atoms with Crippen molar-refractivity contribution in [3.63, 3.8) is 0 Å². The normalized spacial score (nSPS) is 11.3. The summed E-state index contributed by atoms with van der Waals surface area (Å²) in [6.07, 6.45) is 0.435. The van der Waals surface area contributed by atoms with Gasteiger partial charge in [-0.1, -0.05) is 72.3 Å². The average Bonchev–Trinajstić information content (AvgIpc) is 2.69. The molecule has 0 saturated heterocycles. The van der Waals surface area contributed by atoms with Crippen molar-refractivity contribution in [3.05, 3.63) is 101 Å². The standard InChI is InChI=1S/C22H20O4S/c1-17-7-13-21(14-8-17)27(24,25)26-16-15-18-9-11-20(12-10-18)22(23)19-5-3-2-4-6-19/h2-14H,15-16H2,1H3. The first-order chi connectivity index (χ1) is 13.0. The summed E-state index contributed by atoms with van der Waals surface area (Å²) in [5.74, 6) is -0.0413. The third-order valence-electron chi connectivity index (χ3n) is 4.19. The summed E-state index contributed by atoms with van der Waals surface area (Å²) in [7, 11) is -3.76. The quantitative estimate of drug-likeness (QED) is 0.456. The Kier molecular flexibility index (Phi) is 5.84. The minimum absolute atomic E-state index is 0.0413. The third kappa shape index (κ3) is 4.90. The molecule has 0 atom stereocenters. The Morgan fingerprint density at radius 1 is 0.815 bits per heavy atom. The maximum atomic E-state index is 12.4. The monoisotopic (exact) mass is 380 g/mol. The molecule has 0 radical (unpaired) electrons. The molecule has 0 bridgehead atoms. The lowest BCUT2D eigenvalue weighted by atomic mass is 10.0. The number of benzene rings is 3. The minimum Gasteiger partial charge on any atom is -0.289 e. The molecule has 0 spiro atoms. The van der Waals surface area contributed by atoms with E-state index in [-0.39, 0.29) is 17.3 Å². The van der Waals surface area contributed by atoms with Crippen molar-refractivity contribution in [2.24, 2.45) is 0 Å². The highest BCUT2D eigenvalue weighted by Crippen LogP contribution is 2.15. The summed E-state index contributed by atoms with van der Waals surface area (Å²) in [6, 6.07) is 22.8. The van der Waals surface area contributed by atoms with Crippen molar-refractivity contribution in [3.8, 4) is 0 Å². The van der Waals surface area contributed by atoms with Gasteiger partial charge in [0.1, 0.15) is 0 Å². The number of carbonyl (C=O) groups is 1. The van der Waals surface area contributed by atoms with Gasteiger partial charge in [-0.15, -0.1) is 0 Å². The van der Waals surface area contributed by atoms with E-state index in [9.17, 15) is 13.2 Å². The molecule has 138 valence electrons. The largest absolute Gasteiger partial charge is 0.296 e. The Hall–Kier alpha value is -2.76. The Labute approximate surface area is 159 Å². The molecule has 3 aromatic rings. The molecule has 0 aliphatic rings. The van der Waals surface area contributed by atoms with Crippen LogP contribution in [-0.4, -0.2) is 20.8 Å². The highest BCUT2D eigenvalue weighted by Gasteiger charge is 2.14. The smallest absolute Gasteiger partial charge is 0.289 e. The molecule has 3 rings (SSSR count). The van der Waals surface area contributed by atoms with Crippen molar-refractivity contribution >= 4 is 15.9 Å². The van der Waals surface area contributed by atoms with Crippen LogP contribution < -0.4 is 0 Å². The number of hydrogen-bond acceptors (Lipinski definition) is 4. The fourth-order valence-electron chi connectivity index (χ4n) is 2.62. The molecule has 0 fully saturated rings. The van der Waals surface area contributed by atoms with Crippen LogP contribution in [0.25, 0.3) is 0 Å². The molecule has 5 heteroatoms. The zero-order valence-corrected chi connectivity index (χ0v) is 15.8. The first kappa shape index (κ1) is 19.0. The summed E-state index contributed by atoms with van der Waals surface area (Å²) in [6.45, 7) is 1.94. The van der Waals surface area contributed by atoms with E-state index < -0.39 is 10.1 Å². The van der Waals surface area contributed by atoms with E-state index >= 15 is 0 Å². The van der Waals surface area contributed by atoms with Crippen LogP contribution in [-0.2, 0) is 20.7 Å². The highest BCUT2D eigenvalue weighted by atomic mass is 32.2. The number of aryl methyl sites for hydroxylation is 1. The molecule has 0 aliphatic carbocycles. The van der Waals surface area contributed by atoms with Gasteiger partial charge in [-0.05, 0) is 31.0 Å². The van der Waals surface area contributed by atoms with Gasteiger partial charge in [-0.2, -0.15) is 8.42 Å². The first-order valence-corrected chi connectivity index (χ1v) is 10.0. The summed E-state index contributed by atoms with van der Waals surface area (Å²) in [5, 5.41) is 0. The van der Waals surface area contributed by atoms with Crippen molar-refractivity contribution in [2.45, 2.75) is 18.2 Å². The van der Waals surface area contributed by atoms with Crippen LogP contribution >= 0.6 is 0 Å². The second-order valence-electron chi connectivity index (χ2n) is 6.23. The van der Waals surface area contributed by atoms with Gasteiger partial charge in [0.05, 0.1) is 11.5 Å². The summed E-state index contributed by atoms with van der Waals surface area (Å²) >= 11 is 0. The van der Waals surface area contributed by atoms with Gasteiger partial charge in [-0.3, -0.25) is 8.98 Å². The van der Waals surface area contributed by atoms with Gasteiger partial charge in [-0.25, -0.2) is 0 Å². The third-order valence-corrected chi connectivity index (χ3v) is 5.52. The number of carbonyl (C=O) groups excluding carboxylic acids is 1. The average molecular weight is 380 g/mol. The number of rotatable bonds is 7. The maximum absolute atomic E-state index is 12.4. The van der Waals surface area contributed by atoms with Crippen molar-refractivity contribution < 1.29 is 17.4 Å². The van der Waals surface area contributed by atoms with Crippen LogP contribution in [0.3, 0.4) is 0 Å². The van der Waals surface area contributed by atoms with E-state index in [4.69, 9.17) is 4.18 Å². The molecular formula is C22H20O4S. The first-order valence-electron chi connectivity index (χ1n) is 8.60. The fourth-order valence-corrected chi connectivity index (χ4v) is 3.53. The lowest BCUT2D eigenvalue weighted by Crippen LogP contribution is -2.09. The molecule has 0 unspecified atom stereocenters. The maximum Gasteiger partial charge on any atom is 0.296 e. The second kappa shape index (κ2) is 8.29. The van der Waals surface area contributed by atoms with Crippen molar-refractivity contribution in [2.75, 3.05) is 6.61 Å². The lowest BCUT2D eigenvalue weighted by molar-refractivity contribution is 0.103. The van der Waals surface area contributed by atoms with Crippen LogP contribution in [0.1, 0.15) is 27.0 Å². The van der Waals surface area contributed by atoms with E-state index in [1.54, 1.807) is 36.4 Å². The van der Waals surface area contributed by atoms with Crippen LogP contribution in [0.15, 0.2) is 83.8 Å². The lowest BCUT2D eigenvalue weighted by Gasteiger charge is -2.07. The molecular weight excluding hydrogens is 360 g/mol. The van der Waals surface area contributed by atoms with Crippen LogP contribution in [0.5, 0.6) is 0 Å². The number of ketones is 1. The van der Waals surface area contributed by atoms with Crippen LogP contribution in [0.4, 0.5) is 0 Å².